The summed E-state index contributed by atoms with van der Waals surface area (Å²) in [7, 11) is 0. The van der Waals surface area contributed by atoms with Crippen LogP contribution in [0.2, 0.25) is 0 Å². The third-order valence-corrected chi connectivity index (χ3v) is 6.37. The number of imide groups is 1. The second-order valence-electron chi connectivity index (χ2n) is 8.28. The van der Waals surface area contributed by atoms with Gasteiger partial charge in [-0.1, -0.05) is 32.1 Å². The van der Waals surface area contributed by atoms with E-state index in [1.165, 1.54) is 55.6 Å². The van der Waals surface area contributed by atoms with Crippen molar-refractivity contribution in [3.63, 3.8) is 0 Å². The smallest absolute Gasteiger partial charge is 0.253 e. The van der Waals surface area contributed by atoms with Gasteiger partial charge >= 0.3 is 0 Å². The number of hydrogen-bond acceptors (Lipinski definition) is 3. The molecule has 3 amide bonds. The second-order valence-corrected chi connectivity index (χ2v) is 8.28. The van der Waals surface area contributed by atoms with Crippen molar-refractivity contribution in [2.45, 2.75) is 70.6 Å². The molecule has 2 aliphatic carbocycles. The van der Waals surface area contributed by atoms with Crippen LogP contribution in [0.1, 0.15) is 70.6 Å². The number of amides is 3. The van der Waals surface area contributed by atoms with Gasteiger partial charge in [-0.15, -0.1) is 0 Å². The minimum Gasteiger partial charge on any atom is -0.356 e. The first-order valence-electron chi connectivity index (χ1n) is 10.4. The normalized spacial score (nSPS) is 27.2. The van der Waals surface area contributed by atoms with Gasteiger partial charge in [-0.2, -0.15) is 0 Å². The average molecular weight is 360 g/mol. The van der Waals surface area contributed by atoms with Crippen molar-refractivity contribution < 1.29 is 14.4 Å². The van der Waals surface area contributed by atoms with Gasteiger partial charge in [0.25, 0.3) is 11.8 Å². The SMILES string of the molecule is O=C(NCCCC1CCCCC1)C1CCC(CN2C(=O)C=CC2=O)CC1. The molecule has 3 rings (SSSR count). The van der Waals surface area contributed by atoms with Crippen molar-refractivity contribution in [3.8, 4) is 0 Å². The Bertz CT molecular complexity index is 525. The fourth-order valence-corrected chi connectivity index (χ4v) is 4.70. The lowest BCUT2D eigenvalue weighted by Crippen LogP contribution is -2.38. The highest BCUT2D eigenvalue weighted by molar-refractivity contribution is 6.12. The molecule has 0 unspecified atom stereocenters. The number of nitrogens with one attached hydrogen (secondary N) is 1. The Morgan fingerprint density at radius 1 is 0.923 bits per heavy atom. The fourth-order valence-electron chi connectivity index (χ4n) is 4.70. The summed E-state index contributed by atoms with van der Waals surface area (Å²) >= 11 is 0. The van der Waals surface area contributed by atoms with Crippen LogP contribution in [-0.2, 0) is 14.4 Å². The molecule has 144 valence electrons. The van der Waals surface area contributed by atoms with E-state index in [1.807, 2.05) is 0 Å². The summed E-state index contributed by atoms with van der Waals surface area (Å²) in [5.41, 5.74) is 0. The summed E-state index contributed by atoms with van der Waals surface area (Å²) in [6.45, 7) is 1.30. The molecule has 0 saturated heterocycles. The first-order chi connectivity index (χ1) is 12.6. The first-order valence-corrected chi connectivity index (χ1v) is 10.4. The maximum atomic E-state index is 12.4. The van der Waals surface area contributed by atoms with Crippen molar-refractivity contribution in [2.24, 2.45) is 17.8 Å². The Balaban J connectivity index is 1.29. The van der Waals surface area contributed by atoms with E-state index in [2.05, 4.69) is 5.32 Å². The van der Waals surface area contributed by atoms with Crippen LogP contribution in [0.3, 0.4) is 0 Å². The number of nitrogens with zero attached hydrogens (tertiary/aromatic N) is 1. The molecule has 2 fully saturated rings. The molecule has 5 heteroatoms. The topological polar surface area (TPSA) is 66.5 Å². The summed E-state index contributed by atoms with van der Waals surface area (Å²) in [5, 5.41) is 3.13. The van der Waals surface area contributed by atoms with Crippen LogP contribution in [0.5, 0.6) is 0 Å². The zero-order valence-corrected chi connectivity index (χ0v) is 15.8. The fraction of sp³-hybridized carbons (Fsp3) is 0.762. The largest absolute Gasteiger partial charge is 0.356 e. The maximum Gasteiger partial charge on any atom is 0.253 e. The average Bonchev–Trinajstić information content (AvgIpc) is 2.98. The highest BCUT2D eigenvalue weighted by atomic mass is 16.2. The van der Waals surface area contributed by atoms with Gasteiger partial charge in [0.15, 0.2) is 0 Å². The van der Waals surface area contributed by atoms with Crippen LogP contribution in [0.25, 0.3) is 0 Å². The molecule has 0 atom stereocenters. The molecule has 0 aromatic rings. The van der Waals surface area contributed by atoms with E-state index in [9.17, 15) is 14.4 Å². The third-order valence-electron chi connectivity index (χ3n) is 6.37. The molecule has 26 heavy (non-hydrogen) atoms. The predicted molar refractivity (Wildman–Crippen MR) is 100 cm³/mol. The Hall–Kier alpha value is -1.65. The van der Waals surface area contributed by atoms with Gasteiger partial charge in [0.2, 0.25) is 5.91 Å². The van der Waals surface area contributed by atoms with Crippen LogP contribution in [0.4, 0.5) is 0 Å². The van der Waals surface area contributed by atoms with E-state index in [0.29, 0.717) is 12.5 Å². The first kappa shape index (κ1) is 19.1. The van der Waals surface area contributed by atoms with E-state index in [-0.39, 0.29) is 23.6 Å². The minimum atomic E-state index is -0.201. The molecule has 0 aromatic carbocycles. The van der Waals surface area contributed by atoms with Crippen molar-refractivity contribution in [2.75, 3.05) is 13.1 Å². The van der Waals surface area contributed by atoms with Crippen molar-refractivity contribution >= 4 is 17.7 Å². The summed E-state index contributed by atoms with van der Waals surface area (Å²) in [6.07, 6.45) is 15.5. The molecule has 3 aliphatic rings. The molecule has 1 N–H and O–H groups in total. The maximum absolute atomic E-state index is 12.4. The molecule has 1 heterocycles. The summed E-state index contributed by atoms with van der Waals surface area (Å²) in [4.78, 5) is 37.0. The Labute approximate surface area is 156 Å². The van der Waals surface area contributed by atoms with Gasteiger partial charge < -0.3 is 5.32 Å². The van der Waals surface area contributed by atoms with Crippen molar-refractivity contribution in [1.29, 1.82) is 0 Å². The van der Waals surface area contributed by atoms with Crippen LogP contribution in [0.15, 0.2) is 12.2 Å². The molecule has 5 nitrogen and oxygen atoms in total. The van der Waals surface area contributed by atoms with Gasteiger partial charge in [-0.3, -0.25) is 19.3 Å². The standard InChI is InChI=1S/C21H32N2O3/c24-19-12-13-20(25)23(19)15-17-8-10-18(11-9-17)21(26)22-14-4-7-16-5-2-1-3-6-16/h12-13,16-18H,1-11,14-15H2,(H,22,26). The van der Waals surface area contributed by atoms with Gasteiger partial charge in [0, 0.05) is 31.2 Å². The van der Waals surface area contributed by atoms with Crippen LogP contribution < -0.4 is 5.32 Å². The predicted octanol–water partition coefficient (Wildman–Crippen LogP) is 3.19. The third kappa shape index (κ3) is 5.18. The van der Waals surface area contributed by atoms with Crippen LogP contribution >= 0.6 is 0 Å². The quantitative estimate of drug-likeness (QED) is 0.560. The van der Waals surface area contributed by atoms with Crippen molar-refractivity contribution in [3.05, 3.63) is 12.2 Å². The molecule has 0 aromatic heterocycles. The number of rotatable bonds is 7. The Morgan fingerprint density at radius 2 is 1.58 bits per heavy atom. The van der Waals surface area contributed by atoms with E-state index >= 15 is 0 Å². The van der Waals surface area contributed by atoms with Crippen molar-refractivity contribution in [1.82, 2.24) is 10.2 Å². The lowest BCUT2D eigenvalue weighted by molar-refractivity contribution is -0.138. The monoisotopic (exact) mass is 360 g/mol. The van der Waals surface area contributed by atoms with Gasteiger partial charge in [0.1, 0.15) is 0 Å². The Morgan fingerprint density at radius 3 is 2.23 bits per heavy atom. The summed E-state index contributed by atoms with van der Waals surface area (Å²) in [6, 6.07) is 0. The molecule has 1 aliphatic heterocycles. The molecule has 0 spiro atoms. The molecular weight excluding hydrogens is 328 g/mol. The van der Waals surface area contributed by atoms with Crippen LogP contribution in [-0.4, -0.2) is 35.7 Å². The molecule has 0 radical (unpaired) electrons. The van der Waals surface area contributed by atoms with E-state index in [1.54, 1.807) is 0 Å². The summed E-state index contributed by atoms with van der Waals surface area (Å²) < 4.78 is 0. The lowest BCUT2D eigenvalue weighted by Gasteiger charge is -2.30. The van der Waals surface area contributed by atoms with Gasteiger partial charge in [-0.25, -0.2) is 0 Å². The van der Waals surface area contributed by atoms with Gasteiger partial charge in [-0.05, 0) is 50.4 Å². The highest BCUT2D eigenvalue weighted by Gasteiger charge is 2.31. The molecule has 2 saturated carbocycles. The zero-order valence-electron chi connectivity index (χ0n) is 15.8. The van der Waals surface area contributed by atoms with E-state index in [4.69, 9.17) is 0 Å². The number of carbonyl (C=O) groups is 3. The van der Waals surface area contributed by atoms with Gasteiger partial charge in [0.05, 0.1) is 0 Å². The highest BCUT2D eigenvalue weighted by Crippen LogP contribution is 2.30. The van der Waals surface area contributed by atoms with E-state index in [0.717, 1.165) is 44.6 Å². The second kappa shape index (κ2) is 9.33. The zero-order chi connectivity index (χ0) is 18.4. The molecule has 0 bridgehead atoms. The lowest BCUT2D eigenvalue weighted by atomic mass is 9.81. The Kier molecular flexibility index (Phi) is 6.86. The number of hydrogen-bond donors (Lipinski definition) is 1. The summed E-state index contributed by atoms with van der Waals surface area (Å²) in [5.74, 6) is 1.10. The molecular formula is C21H32N2O3. The van der Waals surface area contributed by atoms with E-state index < -0.39 is 0 Å². The number of carbonyl (C=O) groups excluding carboxylic acids is 3. The van der Waals surface area contributed by atoms with Crippen LogP contribution in [0, 0.1) is 17.8 Å². The minimum absolute atomic E-state index is 0.101.